The van der Waals surface area contributed by atoms with E-state index in [1.54, 1.807) is 17.8 Å². The van der Waals surface area contributed by atoms with Crippen molar-refractivity contribution in [2.75, 3.05) is 33.6 Å². The zero-order valence-corrected chi connectivity index (χ0v) is 21.8. The Bertz CT molecular complexity index is 1590. The number of hydrogen-bond acceptors (Lipinski definition) is 9. The van der Waals surface area contributed by atoms with E-state index in [1.165, 1.54) is 12.8 Å². The third-order valence-corrected chi connectivity index (χ3v) is 10.1. The van der Waals surface area contributed by atoms with E-state index >= 15 is 0 Å². The van der Waals surface area contributed by atoms with E-state index in [9.17, 15) is 13.2 Å². The van der Waals surface area contributed by atoms with Crippen molar-refractivity contribution in [2.24, 2.45) is 13.0 Å². The first kappa shape index (κ1) is 23.1. The molecule has 3 aromatic rings. The van der Waals surface area contributed by atoms with E-state index in [2.05, 4.69) is 20.6 Å². The fraction of sp³-hybridized carbons (Fsp3) is 0.480. The molecule has 5 heterocycles. The number of anilines is 4. The Morgan fingerprint density at radius 1 is 1.19 bits per heavy atom. The lowest BCUT2D eigenvalue weighted by Gasteiger charge is -2.52. The maximum atomic E-state index is 13.1. The summed E-state index contributed by atoms with van der Waals surface area (Å²) >= 11 is 6.46. The Balaban J connectivity index is 1.24. The molecule has 7 rings (SSSR count). The quantitative estimate of drug-likeness (QED) is 0.512. The minimum atomic E-state index is -3.01. The van der Waals surface area contributed by atoms with Crippen LogP contribution in [0.25, 0.3) is 10.9 Å². The van der Waals surface area contributed by atoms with Gasteiger partial charge in [0.2, 0.25) is 11.7 Å². The number of aromatic nitrogens is 3. The van der Waals surface area contributed by atoms with Gasteiger partial charge in [-0.05, 0) is 43.4 Å². The predicted molar refractivity (Wildman–Crippen MR) is 143 cm³/mol. The number of halogens is 1. The molecule has 37 heavy (non-hydrogen) atoms. The molecule has 3 aliphatic heterocycles. The van der Waals surface area contributed by atoms with Gasteiger partial charge >= 0.3 is 0 Å². The summed E-state index contributed by atoms with van der Waals surface area (Å²) in [6.45, 7) is 0.513. The van der Waals surface area contributed by atoms with E-state index in [1.807, 2.05) is 23.1 Å². The third-order valence-electron chi connectivity index (χ3n) is 8.00. The summed E-state index contributed by atoms with van der Waals surface area (Å²) in [7, 11) is -1.26. The number of nitrogens with one attached hydrogen (secondary N) is 2. The number of ether oxygens (including phenoxy) is 1. The second kappa shape index (κ2) is 8.22. The summed E-state index contributed by atoms with van der Waals surface area (Å²) in [5, 5.41) is 8.17. The molecule has 3 fully saturated rings. The van der Waals surface area contributed by atoms with Crippen LogP contribution in [0.5, 0.6) is 5.75 Å². The minimum absolute atomic E-state index is 0.0966. The monoisotopic (exact) mass is 542 g/mol. The summed E-state index contributed by atoms with van der Waals surface area (Å²) in [5.41, 5.74) is 2.13. The Labute approximate surface area is 218 Å². The van der Waals surface area contributed by atoms with E-state index in [-0.39, 0.29) is 35.2 Å². The highest BCUT2D eigenvalue weighted by molar-refractivity contribution is 7.91. The van der Waals surface area contributed by atoms with Crippen molar-refractivity contribution in [1.29, 1.82) is 0 Å². The molecule has 3 atom stereocenters. The Morgan fingerprint density at radius 3 is 2.73 bits per heavy atom. The highest BCUT2D eigenvalue weighted by atomic mass is 35.5. The largest absolute Gasteiger partial charge is 0.486 e. The zero-order valence-electron chi connectivity index (χ0n) is 20.3. The highest BCUT2D eigenvalue weighted by Gasteiger charge is 2.49. The summed E-state index contributed by atoms with van der Waals surface area (Å²) in [6, 6.07) is 5.85. The molecular formula is C25H27ClN6O4S. The number of hydrogen-bond donors (Lipinski definition) is 2. The van der Waals surface area contributed by atoms with E-state index in [0.29, 0.717) is 35.1 Å². The predicted octanol–water partition coefficient (Wildman–Crippen LogP) is 3.07. The highest BCUT2D eigenvalue weighted by Crippen LogP contribution is 2.42. The van der Waals surface area contributed by atoms with Crippen LogP contribution in [0.1, 0.15) is 25.7 Å². The van der Waals surface area contributed by atoms with Crippen molar-refractivity contribution in [3.05, 3.63) is 39.8 Å². The van der Waals surface area contributed by atoms with Gasteiger partial charge in [0, 0.05) is 42.7 Å². The standard InChI is InChI=1S/C25H27ClN6O4S/c1-31-20-5-4-14(8-17(20)21-22(24(31)33)36-7-6-19(29-21)13-2-3-13)28-23-18(26)10-27-25(30-23)32-15-9-16(32)12-37(34,35)11-15/h4-5,8,10,13,15-16,19,29H,2-3,6-7,9,11-12H2,1H3,(H,27,28,30)/t15?,16?,19-/m1/s1. The van der Waals surface area contributed by atoms with Crippen molar-refractivity contribution in [1.82, 2.24) is 14.5 Å². The number of benzene rings is 1. The van der Waals surface area contributed by atoms with Gasteiger partial charge in [-0.2, -0.15) is 4.98 Å². The number of aryl methyl sites for hydroxylation is 1. The first-order chi connectivity index (χ1) is 17.8. The van der Waals surface area contributed by atoms with Gasteiger partial charge in [0.05, 0.1) is 35.5 Å². The van der Waals surface area contributed by atoms with Crippen LogP contribution in [-0.2, 0) is 16.9 Å². The molecule has 10 nitrogen and oxygen atoms in total. The van der Waals surface area contributed by atoms with Crippen molar-refractivity contribution >= 4 is 55.5 Å². The zero-order chi connectivity index (χ0) is 25.5. The molecule has 0 amide bonds. The molecule has 2 aromatic heterocycles. The summed E-state index contributed by atoms with van der Waals surface area (Å²) in [4.78, 5) is 24.1. The lowest BCUT2D eigenvalue weighted by Crippen LogP contribution is -2.66. The van der Waals surface area contributed by atoms with Crippen LogP contribution in [0.2, 0.25) is 5.02 Å². The van der Waals surface area contributed by atoms with Crippen LogP contribution in [0.4, 0.5) is 23.1 Å². The molecule has 0 spiro atoms. The average Bonchev–Trinajstić information content (AvgIpc) is 3.70. The first-order valence-corrected chi connectivity index (χ1v) is 14.8. The van der Waals surface area contributed by atoms with Gasteiger partial charge in [0.15, 0.2) is 15.7 Å². The van der Waals surface area contributed by atoms with Gasteiger partial charge in [0.25, 0.3) is 5.56 Å². The summed E-state index contributed by atoms with van der Waals surface area (Å²) in [6.07, 6.45) is 5.63. The van der Waals surface area contributed by atoms with E-state index < -0.39 is 9.84 Å². The van der Waals surface area contributed by atoms with E-state index in [0.717, 1.165) is 35.1 Å². The molecule has 1 saturated carbocycles. The number of fused-ring (bicyclic) bond motifs is 5. The lowest BCUT2D eigenvalue weighted by atomic mass is 9.95. The Hall–Kier alpha value is -3.05. The topological polar surface area (TPSA) is 118 Å². The summed E-state index contributed by atoms with van der Waals surface area (Å²) in [5.74, 6) is 2.14. The van der Waals surface area contributed by atoms with Crippen LogP contribution in [0, 0.1) is 5.92 Å². The maximum absolute atomic E-state index is 13.1. The molecule has 4 aliphatic rings. The molecular weight excluding hydrogens is 516 g/mol. The summed E-state index contributed by atoms with van der Waals surface area (Å²) < 4.78 is 31.6. The Kier molecular flexibility index (Phi) is 5.13. The molecule has 1 aromatic carbocycles. The molecule has 2 unspecified atom stereocenters. The van der Waals surface area contributed by atoms with Crippen molar-refractivity contribution < 1.29 is 13.2 Å². The molecule has 1 aliphatic carbocycles. The second-order valence-corrected chi connectivity index (χ2v) is 13.1. The molecule has 2 bridgehead atoms. The minimum Gasteiger partial charge on any atom is -0.486 e. The molecule has 0 radical (unpaired) electrons. The van der Waals surface area contributed by atoms with Gasteiger partial charge in [-0.15, -0.1) is 0 Å². The van der Waals surface area contributed by atoms with Crippen LogP contribution in [0.15, 0.2) is 29.2 Å². The first-order valence-electron chi connectivity index (χ1n) is 12.6. The number of nitrogens with zero attached hydrogens (tertiary/aromatic N) is 4. The van der Waals surface area contributed by atoms with Crippen molar-refractivity contribution in [2.45, 2.75) is 43.8 Å². The van der Waals surface area contributed by atoms with Crippen LogP contribution in [-0.4, -0.2) is 59.2 Å². The number of pyridine rings is 1. The molecule has 12 heteroatoms. The fourth-order valence-electron chi connectivity index (χ4n) is 5.96. The van der Waals surface area contributed by atoms with Crippen molar-refractivity contribution in [3.63, 3.8) is 0 Å². The second-order valence-electron chi connectivity index (χ2n) is 10.5. The maximum Gasteiger partial charge on any atom is 0.295 e. The van der Waals surface area contributed by atoms with Crippen LogP contribution < -0.4 is 25.8 Å². The van der Waals surface area contributed by atoms with Gasteiger partial charge in [-0.3, -0.25) is 4.79 Å². The molecule has 194 valence electrons. The van der Waals surface area contributed by atoms with Gasteiger partial charge in [0.1, 0.15) is 5.02 Å². The van der Waals surface area contributed by atoms with Crippen LogP contribution >= 0.6 is 11.6 Å². The van der Waals surface area contributed by atoms with Crippen molar-refractivity contribution in [3.8, 4) is 5.75 Å². The number of rotatable bonds is 4. The lowest BCUT2D eigenvalue weighted by molar-refractivity contribution is 0.303. The van der Waals surface area contributed by atoms with Gasteiger partial charge < -0.3 is 24.8 Å². The Morgan fingerprint density at radius 2 is 1.97 bits per heavy atom. The average molecular weight is 543 g/mol. The molecule has 2 saturated heterocycles. The van der Waals surface area contributed by atoms with E-state index in [4.69, 9.17) is 16.3 Å². The normalized spacial score (nSPS) is 25.9. The number of sulfone groups is 1. The smallest absolute Gasteiger partial charge is 0.295 e. The fourth-order valence-corrected chi connectivity index (χ4v) is 8.00. The SMILES string of the molecule is Cn1c(=O)c2c(c3cc(Nc4nc(N5C6CC5CS(=O)(=O)C6)ncc4Cl)ccc31)N[C@@H](C1CC1)CCO2. The third kappa shape index (κ3) is 3.90. The van der Waals surface area contributed by atoms with Gasteiger partial charge in [-0.25, -0.2) is 13.4 Å². The molecule has 2 N–H and O–H groups in total. The van der Waals surface area contributed by atoms with Crippen LogP contribution in [0.3, 0.4) is 0 Å². The van der Waals surface area contributed by atoms with Gasteiger partial charge in [-0.1, -0.05) is 11.6 Å².